The third-order valence-electron chi connectivity index (χ3n) is 5.10. The van der Waals surface area contributed by atoms with Gasteiger partial charge in [0.25, 0.3) is 0 Å². The molecule has 1 aromatic carbocycles. The van der Waals surface area contributed by atoms with Crippen LogP contribution in [0, 0.1) is 6.92 Å². The van der Waals surface area contributed by atoms with E-state index >= 15 is 0 Å². The molecule has 2 aliphatic rings. The Balaban J connectivity index is 1.45. The summed E-state index contributed by atoms with van der Waals surface area (Å²) in [6.45, 7) is 10.0. The first kappa shape index (κ1) is 19.7. The molecule has 1 aromatic rings. The smallest absolute Gasteiger partial charge is 0.234 e. The van der Waals surface area contributed by atoms with Gasteiger partial charge in [0.15, 0.2) is 5.96 Å². The van der Waals surface area contributed by atoms with Gasteiger partial charge in [-0.1, -0.05) is 29.8 Å². The van der Waals surface area contributed by atoms with E-state index < -0.39 is 0 Å². The highest BCUT2D eigenvalue weighted by Gasteiger charge is 2.25. The van der Waals surface area contributed by atoms with E-state index in [0.29, 0.717) is 12.6 Å². The van der Waals surface area contributed by atoms with Crippen LogP contribution in [0.1, 0.15) is 30.9 Å². The molecule has 148 valence electrons. The maximum atomic E-state index is 12.0. The van der Waals surface area contributed by atoms with E-state index in [1.54, 1.807) is 0 Å². The quantitative estimate of drug-likeness (QED) is 0.562. The normalized spacial score (nSPS) is 18.4. The van der Waals surface area contributed by atoms with E-state index in [-0.39, 0.29) is 5.91 Å². The van der Waals surface area contributed by atoms with Crippen LogP contribution in [0.2, 0.25) is 0 Å². The number of rotatable bonds is 7. The number of hydrogen-bond donors (Lipinski definition) is 2. The maximum Gasteiger partial charge on any atom is 0.234 e. The van der Waals surface area contributed by atoms with Gasteiger partial charge in [-0.25, -0.2) is 0 Å². The van der Waals surface area contributed by atoms with Gasteiger partial charge in [-0.05, 0) is 38.7 Å². The molecule has 6 heteroatoms. The van der Waals surface area contributed by atoms with Gasteiger partial charge in [-0.3, -0.25) is 14.7 Å². The summed E-state index contributed by atoms with van der Waals surface area (Å²) >= 11 is 0. The second kappa shape index (κ2) is 9.74. The van der Waals surface area contributed by atoms with E-state index in [0.717, 1.165) is 64.5 Å². The van der Waals surface area contributed by atoms with E-state index in [2.05, 4.69) is 58.5 Å². The maximum absolute atomic E-state index is 12.0. The Morgan fingerprint density at radius 1 is 1.15 bits per heavy atom. The lowest BCUT2D eigenvalue weighted by Gasteiger charge is -2.36. The zero-order valence-corrected chi connectivity index (χ0v) is 16.7. The Bertz CT molecular complexity index is 630. The number of amides is 1. The van der Waals surface area contributed by atoms with Crippen molar-refractivity contribution >= 4 is 11.9 Å². The van der Waals surface area contributed by atoms with Crippen LogP contribution in [-0.4, -0.2) is 73.5 Å². The fourth-order valence-corrected chi connectivity index (χ4v) is 3.29. The Hall–Kier alpha value is -2.08. The van der Waals surface area contributed by atoms with E-state index in [1.165, 1.54) is 11.1 Å². The fraction of sp³-hybridized carbons (Fsp3) is 0.619. The average molecular weight is 372 g/mol. The number of carbonyl (C=O) groups excluding carboxylic acids is 1. The number of hydrogen-bond acceptors (Lipinski definition) is 3. The van der Waals surface area contributed by atoms with Crippen LogP contribution in [0.5, 0.6) is 0 Å². The molecule has 1 saturated heterocycles. The van der Waals surface area contributed by atoms with Crippen molar-refractivity contribution in [2.75, 3.05) is 45.8 Å². The summed E-state index contributed by atoms with van der Waals surface area (Å²) in [4.78, 5) is 21.3. The molecule has 0 unspecified atom stereocenters. The van der Waals surface area contributed by atoms with Gasteiger partial charge in [0, 0.05) is 45.3 Å². The molecule has 1 heterocycles. The predicted octanol–water partition coefficient (Wildman–Crippen LogP) is 1.40. The van der Waals surface area contributed by atoms with Crippen LogP contribution >= 0.6 is 0 Å². The van der Waals surface area contributed by atoms with E-state index in [4.69, 9.17) is 4.99 Å². The molecule has 1 saturated carbocycles. The highest BCUT2D eigenvalue weighted by molar-refractivity contribution is 5.80. The molecule has 0 radical (unpaired) electrons. The zero-order chi connectivity index (χ0) is 19.1. The summed E-state index contributed by atoms with van der Waals surface area (Å²) in [5.41, 5.74) is 2.62. The van der Waals surface area contributed by atoms with Crippen molar-refractivity contribution in [3.05, 3.63) is 35.4 Å². The first-order valence-corrected chi connectivity index (χ1v) is 10.2. The molecule has 1 amide bonds. The van der Waals surface area contributed by atoms with Crippen LogP contribution in [0.25, 0.3) is 0 Å². The zero-order valence-electron chi connectivity index (χ0n) is 16.7. The molecule has 0 bridgehead atoms. The van der Waals surface area contributed by atoms with Gasteiger partial charge in [-0.15, -0.1) is 0 Å². The summed E-state index contributed by atoms with van der Waals surface area (Å²) in [6, 6.07) is 9.12. The summed E-state index contributed by atoms with van der Waals surface area (Å²) in [7, 11) is 0. The van der Waals surface area contributed by atoms with Crippen molar-refractivity contribution < 1.29 is 4.79 Å². The van der Waals surface area contributed by atoms with Gasteiger partial charge in [-0.2, -0.15) is 0 Å². The second-order valence-corrected chi connectivity index (χ2v) is 7.58. The Kier molecular flexibility index (Phi) is 7.10. The van der Waals surface area contributed by atoms with Crippen molar-refractivity contribution in [2.45, 2.75) is 39.2 Å². The van der Waals surface area contributed by atoms with Gasteiger partial charge >= 0.3 is 0 Å². The lowest BCUT2D eigenvalue weighted by Crippen LogP contribution is -2.54. The van der Waals surface area contributed by atoms with Gasteiger partial charge in [0.1, 0.15) is 0 Å². The molecule has 0 spiro atoms. The van der Waals surface area contributed by atoms with Gasteiger partial charge in [0.2, 0.25) is 5.91 Å². The lowest BCUT2D eigenvalue weighted by molar-refractivity contribution is -0.122. The molecule has 6 nitrogen and oxygen atoms in total. The number of nitrogens with one attached hydrogen (secondary N) is 2. The number of aliphatic imine (C=N–C) groups is 1. The number of piperazine rings is 1. The molecule has 1 aliphatic carbocycles. The Morgan fingerprint density at radius 3 is 2.48 bits per heavy atom. The van der Waals surface area contributed by atoms with Crippen molar-refractivity contribution in [1.82, 2.24) is 20.4 Å². The van der Waals surface area contributed by atoms with Crippen LogP contribution in [0.15, 0.2) is 29.3 Å². The number of carbonyl (C=O) groups is 1. The second-order valence-electron chi connectivity index (χ2n) is 7.58. The molecule has 0 atom stereocenters. The Labute approximate surface area is 163 Å². The lowest BCUT2D eigenvalue weighted by atomic mass is 10.1. The molecular weight excluding hydrogens is 338 g/mol. The first-order chi connectivity index (χ1) is 13.1. The summed E-state index contributed by atoms with van der Waals surface area (Å²) in [5.74, 6) is 1.16. The SMILES string of the molecule is CCNC(=NCCc1ccc(C)cc1)N1CCN(CC(=O)NC2CC2)CC1. The molecule has 3 rings (SSSR count). The van der Waals surface area contributed by atoms with Gasteiger partial charge in [0.05, 0.1) is 6.54 Å². The minimum Gasteiger partial charge on any atom is -0.357 e. The topological polar surface area (TPSA) is 60.0 Å². The number of benzene rings is 1. The molecule has 1 aliphatic heterocycles. The highest BCUT2D eigenvalue weighted by atomic mass is 16.2. The largest absolute Gasteiger partial charge is 0.357 e. The molecule has 2 N–H and O–H groups in total. The summed E-state index contributed by atoms with van der Waals surface area (Å²) < 4.78 is 0. The predicted molar refractivity (Wildman–Crippen MR) is 110 cm³/mol. The monoisotopic (exact) mass is 371 g/mol. The number of aryl methyl sites for hydroxylation is 1. The molecular formula is C21H33N5O. The van der Waals surface area contributed by atoms with Crippen molar-refractivity contribution in [2.24, 2.45) is 4.99 Å². The third kappa shape index (κ3) is 6.54. The Morgan fingerprint density at radius 2 is 1.85 bits per heavy atom. The first-order valence-electron chi connectivity index (χ1n) is 10.2. The van der Waals surface area contributed by atoms with Crippen LogP contribution in [-0.2, 0) is 11.2 Å². The van der Waals surface area contributed by atoms with Crippen LogP contribution in [0.3, 0.4) is 0 Å². The average Bonchev–Trinajstić information content (AvgIpc) is 3.47. The standard InChI is InChI=1S/C21H33N5O/c1-3-22-21(23-11-10-18-6-4-17(2)5-7-18)26-14-12-25(13-15-26)16-20(27)24-19-8-9-19/h4-7,19H,3,8-16H2,1-2H3,(H,22,23)(H,24,27). The molecule has 2 fully saturated rings. The van der Waals surface area contributed by atoms with E-state index in [9.17, 15) is 4.79 Å². The van der Waals surface area contributed by atoms with Crippen LogP contribution < -0.4 is 10.6 Å². The molecule has 27 heavy (non-hydrogen) atoms. The van der Waals surface area contributed by atoms with Crippen molar-refractivity contribution in [1.29, 1.82) is 0 Å². The number of nitrogens with zero attached hydrogens (tertiary/aromatic N) is 3. The minimum absolute atomic E-state index is 0.171. The highest BCUT2D eigenvalue weighted by Crippen LogP contribution is 2.18. The van der Waals surface area contributed by atoms with Crippen LogP contribution in [0.4, 0.5) is 0 Å². The van der Waals surface area contributed by atoms with E-state index in [1.807, 2.05) is 0 Å². The van der Waals surface area contributed by atoms with Crippen molar-refractivity contribution in [3.63, 3.8) is 0 Å². The fourth-order valence-electron chi connectivity index (χ4n) is 3.29. The summed E-state index contributed by atoms with van der Waals surface area (Å²) in [6.07, 6.45) is 3.24. The summed E-state index contributed by atoms with van der Waals surface area (Å²) in [5, 5.41) is 6.49. The minimum atomic E-state index is 0.171. The van der Waals surface area contributed by atoms with Crippen molar-refractivity contribution in [3.8, 4) is 0 Å². The third-order valence-corrected chi connectivity index (χ3v) is 5.10. The number of guanidine groups is 1. The molecule has 0 aromatic heterocycles. The van der Waals surface area contributed by atoms with Gasteiger partial charge < -0.3 is 15.5 Å².